The molecule has 0 aliphatic carbocycles. The molecule has 6 nitrogen and oxygen atoms in total. The normalized spacial score (nSPS) is 13.0. The van der Waals surface area contributed by atoms with Crippen molar-refractivity contribution in [1.82, 2.24) is 0 Å². The monoisotopic (exact) mass is 467 g/mol. The van der Waals surface area contributed by atoms with E-state index in [1.165, 1.54) is 12.2 Å². The van der Waals surface area contributed by atoms with Gasteiger partial charge < -0.3 is 9.47 Å². The van der Waals surface area contributed by atoms with E-state index in [0.717, 1.165) is 29.1 Å². The quantitative estimate of drug-likeness (QED) is 0.167. The lowest BCUT2D eigenvalue weighted by atomic mass is 10.1. The van der Waals surface area contributed by atoms with Gasteiger partial charge in [-0.2, -0.15) is 0 Å². The Labute approximate surface area is 204 Å². The lowest BCUT2D eigenvalue weighted by Crippen LogP contribution is -2.29. The number of ketones is 1. The van der Waals surface area contributed by atoms with Crippen molar-refractivity contribution in [2.24, 2.45) is 0 Å². The number of carbonyl (C=O) groups is 3. The predicted molar refractivity (Wildman–Crippen MR) is 135 cm³/mol. The summed E-state index contributed by atoms with van der Waals surface area (Å²) in [6.45, 7) is 1.10. The molecule has 35 heavy (non-hydrogen) atoms. The fraction of sp³-hybridized carbons (Fsp3) is 0.138. The minimum Gasteiger partial charge on any atom is -0.494 e. The first-order valence-electron chi connectivity index (χ1n) is 11.4. The Morgan fingerprint density at radius 1 is 0.714 bits per heavy atom. The van der Waals surface area contributed by atoms with Gasteiger partial charge in [-0.3, -0.25) is 14.4 Å². The summed E-state index contributed by atoms with van der Waals surface area (Å²) in [4.78, 5) is 36.7. The summed E-state index contributed by atoms with van der Waals surface area (Å²) in [5.41, 5.74) is 2.11. The summed E-state index contributed by atoms with van der Waals surface area (Å²) in [5, 5.41) is 0. The highest BCUT2D eigenvalue weighted by molar-refractivity contribution is 6.28. The highest BCUT2D eigenvalue weighted by Crippen LogP contribution is 2.22. The standard InChI is InChI=1S/C29H25NO5/c31-27(23-6-2-1-3-7-23)17-10-22-8-13-25(14-9-22)34-20-4-5-21-35-26-15-11-24(12-16-26)30-28(32)18-19-29(30)33/h1-3,6-19H,4-5,20-21H2/b17-10+. The Morgan fingerprint density at radius 2 is 1.26 bits per heavy atom. The van der Waals surface area contributed by atoms with Crippen LogP contribution in [-0.2, 0) is 9.59 Å². The maximum atomic E-state index is 12.1. The zero-order valence-corrected chi connectivity index (χ0v) is 19.1. The van der Waals surface area contributed by atoms with Crippen LogP contribution in [0.4, 0.5) is 5.69 Å². The molecule has 0 spiro atoms. The number of allylic oxidation sites excluding steroid dienone is 1. The van der Waals surface area contributed by atoms with E-state index in [4.69, 9.17) is 9.47 Å². The minimum atomic E-state index is -0.340. The molecule has 0 saturated carbocycles. The van der Waals surface area contributed by atoms with Crippen molar-refractivity contribution >= 4 is 29.4 Å². The van der Waals surface area contributed by atoms with Gasteiger partial charge in [0.25, 0.3) is 11.8 Å². The molecular formula is C29H25NO5. The van der Waals surface area contributed by atoms with Crippen molar-refractivity contribution in [3.05, 3.63) is 108 Å². The first-order valence-corrected chi connectivity index (χ1v) is 11.4. The molecule has 1 heterocycles. The zero-order valence-electron chi connectivity index (χ0n) is 19.1. The molecule has 1 aliphatic rings. The number of benzene rings is 3. The van der Waals surface area contributed by atoms with E-state index in [0.29, 0.717) is 30.2 Å². The van der Waals surface area contributed by atoms with Crippen molar-refractivity contribution in [3.8, 4) is 11.5 Å². The first kappa shape index (κ1) is 23.7. The van der Waals surface area contributed by atoms with Crippen LogP contribution in [0.1, 0.15) is 28.8 Å². The van der Waals surface area contributed by atoms with Crippen LogP contribution in [-0.4, -0.2) is 30.8 Å². The number of nitrogens with zero attached hydrogens (tertiary/aromatic N) is 1. The summed E-state index contributed by atoms with van der Waals surface area (Å²) in [6, 6.07) is 23.6. The summed E-state index contributed by atoms with van der Waals surface area (Å²) in [7, 11) is 0. The molecule has 1 aliphatic heterocycles. The SMILES string of the molecule is O=C(/C=C/c1ccc(OCCCCOc2ccc(N3C(=O)C=CC3=O)cc2)cc1)c1ccccc1. The number of anilines is 1. The van der Waals surface area contributed by atoms with Crippen molar-refractivity contribution < 1.29 is 23.9 Å². The van der Waals surface area contributed by atoms with Crippen LogP contribution in [0.5, 0.6) is 11.5 Å². The van der Waals surface area contributed by atoms with Crippen LogP contribution in [0.2, 0.25) is 0 Å². The number of amides is 2. The summed E-state index contributed by atoms with van der Waals surface area (Å²) in [6.07, 6.45) is 7.53. The Balaban J connectivity index is 1.13. The molecule has 176 valence electrons. The van der Waals surface area contributed by atoms with E-state index in [-0.39, 0.29) is 17.6 Å². The molecule has 3 aromatic carbocycles. The smallest absolute Gasteiger partial charge is 0.258 e. The van der Waals surface area contributed by atoms with Crippen molar-refractivity contribution in [1.29, 1.82) is 0 Å². The Hall–Kier alpha value is -4.45. The van der Waals surface area contributed by atoms with Crippen LogP contribution in [0.3, 0.4) is 0 Å². The number of imide groups is 1. The Morgan fingerprint density at radius 3 is 1.83 bits per heavy atom. The van der Waals surface area contributed by atoms with E-state index in [1.54, 1.807) is 48.6 Å². The van der Waals surface area contributed by atoms with Gasteiger partial charge in [0.1, 0.15) is 11.5 Å². The maximum absolute atomic E-state index is 12.1. The van der Waals surface area contributed by atoms with Gasteiger partial charge in [0.15, 0.2) is 5.78 Å². The van der Waals surface area contributed by atoms with E-state index >= 15 is 0 Å². The molecule has 0 unspecified atom stereocenters. The van der Waals surface area contributed by atoms with E-state index < -0.39 is 0 Å². The van der Waals surface area contributed by atoms with Crippen LogP contribution in [0.15, 0.2) is 97.1 Å². The number of hydrogen-bond acceptors (Lipinski definition) is 5. The molecular weight excluding hydrogens is 442 g/mol. The van der Waals surface area contributed by atoms with Crippen LogP contribution in [0.25, 0.3) is 6.08 Å². The molecule has 0 aromatic heterocycles. The maximum Gasteiger partial charge on any atom is 0.258 e. The van der Waals surface area contributed by atoms with E-state index in [2.05, 4.69) is 0 Å². The lowest BCUT2D eigenvalue weighted by Gasteiger charge is -2.14. The van der Waals surface area contributed by atoms with Gasteiger partial charge in [0.2, 0.25) is 0 Å². The highest BCUT2D eigenvalue weighted by Gasteiger charge is 2.24. The topological polar surface area (TPSA) is 72.9 Å². The zero-order chi connectivity index (χ0) is 24.5. The van der Waals surface area contributed by atoms with Crippen molar-refractivity contribution in [2.45, 2.75) is 12.8 Å². The number of unbranched alkanes of at least 4 members (excludes halogenated alkanes) is 1. The van der Waals surface area contributed by atoms with Gasteiger partial charge in [-0.1, -0.05) is 48.5 Å². The molecule has 0 N–H and O–H groups in total. The van der Waals surface area contributed by atoms with Crippen LogP contribution < -0.4 is 14.4 Å². The summed E-state index contributed by atoms with van der Waals surface area (Å²) < 4.78 is 11.5. The second kappa shape index (κ2) is 11.6. The van der Waals surface area contributed by atoms with E-state index in [1.807, 2.05) is 42.5 Å². The molecule has 6 heteroatoms. The number of carbonyl (C=O) groups excluding carboxylic acids is 3. The molecule has 0 radical (unpaired) electrons. The number of hydrogen-bond donors (Lipinski definition) is 0. The van der Waals surface area contributed by atoms with Gasteiger partial charge >= 0.3 is 0 Å². The van der Waals surface area contributed by atoms with Gasteiger partial charge in [-0.05, 0) is 60.9 Å². The van der Waals surface area contributed by atoms with Crippen LogP contribution >= 0.6 is 0 Å². The van der Waals surface area contributed by atoms with E-state index in [9.17, 15) is 14.4 Å². The number of rotatable bonds is 11. The van der Waals surface area contributed by atoms with Gasteiger partial charge in [0.05, 0.1) is 18.9 Å². The second-order valence-electron chi connectivity index (χ2n) is 7.88. The predicted octanol–water partition coefficient (Wildman–Crippen LogP) is 5.25. The third-order valence-electron chi connectivity index (χ3n) is 5.35. The molecule has 0 bridgehead atoms. The molecule has 4 rings (SSSR count). The summed E-state index contributed by atoms with van der Waals surface area (Å²) >= 11 is 0. The second-order valence-corrected chi connectivity index (χ2v) is 7.88. The molecule has 0 fully saturated rings. The minimum absolute atomic E-state index is 0.0295. The lowest BCUT2D eigenvalue weighted by molar-refractivity contribution is -0.119. The fourth-order valence-corrected chi connectivity index (χ4v) is 3.48. The average Bonchev–Trinajstić information content (AvgIpc) is 3.24. The molecule has 0 atom stereocenters. The summed E-state index contributed by atoms with van der Waals surface area (Å²) in [5.74, 6) is 0.740. The Bertz CT molecular complexity index is 1210. The number of ether oxygens (including phenoxy) is 2. The highest BCUT2D eigenvalue weighted by atomic mass is 16.5. The molecule has 2 amide bonds. The van der Waals surface area contributed by atoms with Gasteiger partial charge in [0, 0.05) is 17.7 Å². The first-order chi connectivity index (χ1) is 17.1. The third kappa shape index (κ3) is 6.54. The molecule has 0 saturated heterocycles. The van der Waals surface area contributed by atoms with Gasteiger partial charge in [-0.25, -0.2) is 4.90 Å². The largest absolute Gasteiger partial charge is 0.494 e. The average molecular weight is 468 g/mol. The molecule has 3 aromatic rings. The third-order valence-corrected chi connectivity index (χ3v) is 5.35. The fourth-order valence-electron chi connectivity index (χ4n) is 3.48. The van der Waals surface area contributed by atoms with Crippen molar-refractivity contribution in [2.75, 3.05) is 18.1 Å². The Kier molecular flexibility index (Phi) is 7.86. The van der Waals surface area contributed by atoms with Crippen LogP contribution in [0, 0.1) is 0 Å². The van der Waals surface area contributed by atoms with Crippen molar-refractivity contribution in [3.63, 3.8) is 0 Å². The van der Waals surface area contributed by atoms with Gasteiger partial charge in [-0.15, -0.1) is 0 Å².